The average molecular weight is 301 g/mol. The summed E-state index contributed by atoms with van der Waals surface area (Å²) in [6.07, 6.45) is 0. The Morgan fingerprint density at radius 2 is 1.90 bits per heavy atom. The largest absolute Gasteiger partial charge is 0.368 e. The molecule has 1 aromatic carbocycles. The van der Waals surface area contributed by atoms with Crippen LogP contribution in [0.3, 0.4) is 0 Å². The lowest BCUT2D eigenvalue weighted by atomic mass is 10.1. The number of aromatic amines is 1. The predicted molar refractivity (Wildman–Crippen MR) is 80.1 cm³/mol. The molecule has 9 nitrogen and oxygen atoms in total. The van der Waals surface area contributed by atoms with Gasteiger partial charge in [-0.25, -0.2) is 0 Å². The minimum atomic E-state index is 0.228. The van der Waals surface area contributed by atoms with Gasteiger partial charge in [0.05, 0.1) is 0 Å². The van der Waals surface area contributed by atoms with Crippen LogP contribution in [0.4, 0.5) is 5.95 Å². The molecule has 0 saturated carbocycles. The maximum atomic E-state index is 5.79. The maximum absolute atomic E-state index is 5.79. The van der Waals surface area contributed by atoms with E-state index in [9.17, 15) is 0 Å². The first-order valence-corrected chi connectivity index (χ1v) is 6.38. The third kappa shape index (κ3) is 2.43. The van der Waals surface area contributed by atoms with Gasteiger partial charge in [-0.2, -0.15) is 14.9 Å². The van der Waals surface area contributed by atoms with Gasteiger partial charge in [0.25, 0.3) is 0 Å². The number of nitrogens with two attached hydrogens (primary N) is 1. The Morgan fingerprint density at radius 1 is 1.24 bits per heavy atom. The van der Waals surface area contributed by atoms with Gasteiger partial charge in [-0.3, -0.25) is 0 Å². The van der Waals surface area contributed by atoms with Crippen LogP contribution < -0.4 is 11.1 Å². The summed E-state index contributed by atoms with van der Waals surface area (Å²) in [5.74, 6) is 1.24. The topological polar surface area (TPSA) is 123 Å². The SMILES string of the molecule is CNC(=S)n1nc(-c2ccc(-c3nn[nH]n3)cc2)nc1N. The minimum Gasteiger partial charge on any atom is -0.368 e. The number of nitrogens with zero attached hydrogens (tertiary/aromatic N) is 6. The van der Waals surface area contributed by atoms with Gasteiger partial charge >= 0.3 is 0 Å². The molecule has 2 aromatic heterocycles. The second kappa shape index (κ2) is 5.25. The number of nitrogen functional groups attached to an aromatic ring is 1. The van der Waals surface area contributed by atoms with Gasteiger partial charge in [0.15, 0.2) is 10.9 Å². The van der Waals surface area contributed by atoms with Crippen LogP contribution in [0.5, 0.6) is 0 Å². The van der Waals surface area contributed by atoms with Gasteiger partial charge in [0.2, 0.25) is 11.8 Å². The lowest BCUT2D eigenvalue weighted by molar-refractivity contribution is 0.881. The van der Waals surface area contributed by atoms with Crippen molar-refractivity contribution < 1.29 is 0 Å². The van der Waals surface area contributed by atoms with Crippen LogP contribution in [0, 0.1) is 0 Å². The van der Waals surface area contributed by atoms with Crippen LogP contribution >= 0.6 is 12.2 Å². The quantitative estimate of drug-likeness (QED) is 0.568. The normalized spacial score (nSPS) is 10.5. The number of rotatable bonds is 2. The smallest absolute Gasteiger partial charge is 0.226 e. The molecule has 21 heavy (non-hydrogen) atoms. The Morgan fingerprint density at radius 3 is 2.48 bits per heavy atom. The zero-order valence-corrected chi connectivity index (χ0v) is 11.8. The Labute approximate surface area is 124 Å². The van der Waals surface area contributed by atoms with Crippen LogP contribution in [-0.2, 0) is 0 Å². The van der Waals surface area contributed by atoms with Crippen LogP contribution in [-0.4, -0.2) is 47.5 Å². The number of hydrogen-bond donors (Lipinski definition) is 3. The molecule has 0 aliphatic heterocycles. The molecule has 10 heteroatoms. The molecule has 0 spiro atoms. The van der Waals surface area contributed by atoms with Crippen LogP contribution in [0.15, 0.2) is 24.3 Å². The fourth-order valence-corrected chi connectivity index (χ4v) is 1.89. The van der Waals surface area contributed by atoms with E-state index in [0.29, 0.717) is 16.8 Å². The van der Waals surface area contributed by atoms with E-state index in [1.165, 1.54) is 4.68 Å². The number of aromatic nitrogens is 7. The highest BCUT2D eigenvalue weighted by atomic mass is 32.1. The van der Waals surface area contributed by atoms with E-state index in [4.69, 9.17) is 18.0 Å². The van der Waals surface area contributed by atoms with Crippen molar-refractivity contribution in [1.82, 2.24) is 40.7 Å². The lowest BCUT2D eigenvalue weighted by Crippen LogP contribution is -2.26. The minimum absolute atomic E-state index is 0.228. The van der Waals surface area contributed by atoms with Crippen LogP contribution in [0.1, 0.15) is 0 Å². The fraction of sp³-hybridized carbons (Fsp3) is 0.0909. The second-order valence-corrected chi connectivity index (χ2v) is 4.46. The highest BCUT2D eigenvalue weighted by Crippen LogP contribution is 2.20. The summed E-state index contributed by atoms with van der Waals surface area (Å²) in [7, 11) is 1.70. The summed E-state index contributed by atoms with van der Waals surface area (Å²) in [5.41, 5.74) is 7.44. The molecule has 0 unspecified atom stereocenters. The first kappa shape index (κ1) is 13.1. The van der Waals surface area contributed by atoms with E-state index in [1.54, 1.807) is 7.05 Å². The summed E-state index contributed by atoms with van der Waals surface area (Å²) in [6, 6.07) is 7.42. The summed E-state index contributed by atoms with van der Waals surface area (Å²) in [4.78, 5) is 4.19. The molecule has 0 amide bonds. The van der Waals surface area contributed by atoms with Crippen molar-refractivity contribution >= 4 is 23.3 Å². The number of H-pyrrole nitrogens is 1. The second-order valence-electron chi connectivity index (χ2n) is 4.07. The third-order valence-electron chi connectivity index (χ3n) is 2.79. The molecular formula is C11H11N9S. The van der Waals surface area contributed by atoms with E-state index in [-0.39, 0.29) is 5.95 Å². The van der Waals surface area contributed by atoms with Gasteiger partial charge in [-0.15, -0.1) is 15.3 Å². The van der Waals surface area contributed by atoms with Crippen molar-refractivity contribution in [3.63, 3.8) is 0 Å². The summed E-state index contributed by atoms with van der Waals surface area (Å²) < 4.78 is 1.37. The number of thiocarbonyl (C=S) groups is 1. The molecule has 0 saturated heterocycles. The van der Waals surface area contributed by atoms with Crippen LogP contribution in [0.2, 0.25) is 0 Å². The standard InChI is InChI=1S/C11H11N9S/c1-13-11(21)20-10(12)14-8(17-20)6-2-4-7(5-3-6)9-15-18-19-16-9/h2-5H,1H3,(H,13,21)(H2,12,14,17)(H,15,16,18,19). The van der Waals surface area contributed by atoms with Crippen molar-refractivity contribution in [3.8, 4) is 22.8 Å². The Hall–Kier alpha value is -2.88. The fourth-order valence-electron chi connectivity index (χ4n) is 1.75. The van der Waals surface area contributed by atoms with Crippen molar-refractivity contribution in [1.29, 1.82) is 0 Å². The number of hydrogen-bond acceptors (Lipinski definition) is 7. The molecule has 0 aliphatic carbocycles. The van der Waals surface area contributed by atoms with E-state index in [1.807, 2.05) is 24.3 Å². The summed E-state index contributed by atoms with van der Waals surface area (Å²) in [5, 5.41) is 21.2. The molecule has 0 atom stereocenters. The molecule has 3 rings (SSSR count). The molecule has 106 valence electrons. The van der Waals surface area contributed by atoms with E-state index < -0.39 is 0 Å². The van der Waals surface area contributed by atoms with Gasteiger partial charge in [-0.05, 0) is 17.4 Å². The van der Waals surface area contributed by atoms with Gasteiger partial charge < -0.3 is 11.1 Å². The van der Waals surface area contributed by atoms with Crippen LogP contribution in [0.25, 0.3) is 22.8 Å². The van der Waals surface area contributed by atoms with E-state index in [0.717, 1.165) is 11.1 Å². The van der Waals surface area contributed by atoms with Gasteiger partial charge in [0, 0.05) is 18.2 Å². The van der Waals surface area contributed by atoms with E-state index >= 15 is 0 Å². The number of benzene rings is 1. The third-order valence-corrected chi connectivity index (χ3v) is 3.16. The molecule has 0 radical (unpaired) electrons. The van der Waals surface area contributed by atoms with Crippen molar-refractivity contribution in [2.75, 3.05) is 12.8 Å². The Kier molecular flexibility index (Phi) is 3.28. The maximum Gasteiger partial charge on any atom is 0.226 e. The first-order chi connectivity index (χ1) is 10.2. The lowest BCUT2D eigenvalue weighted by Gasteiger charge is -2.01. The van der Waals surface area contributed by atoms with Crippen molar-refractivity contribution in [2.45, 2.75) is 0 Å². The first-order valence-electron chi connectivity index (χ1n) is 5.98. The van der Waals surface area contributed by atoms with Crippen molar-refractivity contribution in [2.24, 2.45) is 0 Å². The van der Waals surface area contributed by atoms with Gasteiger partial charge in [-0.1, -0.05) is 24.3 Å². The monoisotopic (exact) mass is 301 g/mol. The molecule has 4 N–H and O–H groups in total. The summed E-state index contributed by atoms with van der Waals surface area (Å²) >= 11 is 5.09. The molecule has 0 aliphatic rings. The highest BCUT2D eigenvalue weighted by molar-refractivity contribution is 7.80. The average Bonchev–Trinajstić information content (AvgIpc) is 3.16. The Balaban J connectivity index is 1.93. The number of anilines is 1. The molecule has 2 heterocycles. The van der Waals surface area contributed by atoms with Crippen molar-refractivity contribution in [3.05, 3.63) is 24.3 Å². The number of tetrazole rings is 1. The zero-order chi connectivity index (χ0) is 14.8. The van der Waals surface area contributed by atoms with E-state index in [2.05, 4.69) is 36.0 Å². The highest BCUT2D eigenvalue weighted by Gasteiger charge is 2.12. The zero-order valence-electron chi connectivity index (χ0n) is 11.0. The molecular weight excluding hydrogens is 290 g/mol. The molecule has 0 bridgehead atoms. The van der Waals surface area contributed by atoms with Gasteiger partial charge in [0.1, 0.15) is 0 Å². The molecule has 3 aromatic rings. The summed E-state index contributed by atoms with van der Waals surface area (Å²) in [6.45, 7) is 0. The Bertz CT molecular complexity index is 760. The number of nitrogens with one attached hydrogen (secondary N) is 2. The predicted octanol–water partition coefficient (Wildman–Crippen LogP) is 0.0598. The molecule has 0 fully saturated rings.